The number of nitrogens with zero attached hydrogens (tertiary/aromatic N) is 2. The molecule has 1 rings (SSSR count). The molecule has 0 spiro atoms. The largest absolute Gasteiger partial charge is 0.394 e. The molecule has 0 aliphatic carbocycles. The third-order valence-electron chi connectivity index (χ3n) is 4.58. The summed E-state index contributed by atoms with van der Waals surface area (Å²) in [6.45, 7) is -1.90. The maximum atomic E-state index is 13.6. The lowest BCUT2D eigenvalue weighted by Crippen LogP contribution is -2.45. The number of carbonyl (C=O) groups is 3. The van der Waals surface area contributed by atoms with E-state index in [4.69, 9.17) is 5.73 Å². The predicted molar refractivity (Wildman–Crippen MR) is 146 cm³/mol. The summed E-state index contributed by atoms with van der Waals surface area (Å²) >= 11 is 5.37. The lowest BCUT2D eigenvalue weighted by atomic mass is 10.1. The van der Waals surface area contributed by atoms with Gasteiger partial charge >= 0.3 is 0 Å². The van der Waals surface area contributed by atoms with Gasteiger partial charge in [0.1, 0.15) is 0 Å². The molecule has 0 radical (unpaired) electrons. The Labute approximate surface area is 236 Å². The standard InChI is InChI=1S/C19H26I3N3O9/c1-8(29)25(4-11(32)7-28)17-15(21)12(18(23)33)14(20)13(16(17)22)19(34)24(2-9(30)5-26)3-10(31)6-27/h9-11,26-28,30-32H,2-7H2,1H3,(H2,23,33). The molecule has 0 saturated carbocycles. The van der Waals surface area contributed by atoms with E-state index < -0.39 is 68.9 Å². The van der Waals surface area contributed by atoms with Crippen LogP contribution in [0.2, 0.25) is 0 Å². The van der Waals surface area contributed by atoms with Crippen LogP contribution in [0.3, 0.4) is 0 Å². The summed E-state index contributed by atoms with van der Waals surface area (Å²) in [5, 5.41) is 57.5. The zero-order valence-electron chi connectivity index (χ0n) is 18.0. The predicted octanol–water partition coefficient (Wildman–Crippen LogP) is -1.55. The highest BCUT2D eigenvalue weighted by Crippen LogP contribution is 2.38. The smallest absolute Gasteiger partial charge is 0.256 e. The van der Waals surface area contributed by atoms with E-state index >= 15 is 0 Å². The number of hydrogen-bond acceptors (Lipinski definition) is 9. The number of carbonyl (C=O) groups excluding carboxylic acids is 3. The van der Waals surface area contributed by atoms with Gasteiger partial charge in [-0.3, -0.25) is 14.4 Å². The zero-order valence-corrected chi connectivity index (χ0v) is 24.5. The molecule has 34 heavy (non-hydrogen) atoms. The summed E-state index contributed by atoms with van der Waals surface area (Å²) in [5.41, 5.74) is 5.56. The van der Waals surface area contributed by atoms with E-state index in [1.165, 1.54) is 6.92 Å². The van der Waals surface area contributed by atoms with Gasteiger partial charge in [-0.25, -0.2) is 0 Å². The minimum absolute atomic E-state index is 0.0601. The first-order valence-electron chi connectivity index (χ1n) is 9.76. The van der Waals surface area contributed by atoms with Crippen LogP contribution in [0.1, 0.15) is 27.6 Å². The van der Waals surface area contributed by atoms with E-state index in [-0.39, 0.29) is 34.1 Å². The number of rotatable bonds is 12. The third-order valence-corrected chi connectivity index (χ3v) is 7.76. The highest BCUT2D eigenvalue weighted by molar-refractivity contribution is 14.1. The minimum Gasteiger partial charge on any atom is -0.394 e. The van der Waals surface area contributed by atoms with E-state index in [2.05, 4.69) is 0 Å². The third kappa shape index (κ3) is 7.79. The van der Waals surface area contributed by atoms with Crippen molar-refractivity contribution in [1.82, 2.24) is 4.90 Å². The molecule has 0 bridgehead atoms. The highest BCUT2D eigenvalue weighted by atomic mass is 127. The van der Waals surface area contributed by atoms with Crippen LogP contribution in [0.15, 0.2) is 0 Å². The molecular weight excluding hydrogens is 795 g/mol. The van der Waals surface area contributed by atoms with Crippen molar-refractivity contribution < 1.29 is 45.0 Å². The lowest BCUT2D eigenvalue weighted by molar-refractivity contribution is -0.117. The summed E-state index contributed by atoms with van der Waals surface area (Å²) in [5.74, 6) is -2.19. The fourth-order valence-corrected chi connectivity index (χ4v) is 7.70. The number of amides is 3. The molecule has 0 saturated heterocycles. The SMILES string of the molecule is CC(=O)N(CC(O)CO)c1c(I)c(C(N)=O)c(I)c(C(=O)N(CC(O)CO)CC(O)CO)c1I. The van der Waals surface area contributed by atoms with Crippen LogP contribution in [0, 0.1) is 10.7 Å². The van der Waals surface area contributed by atoms with E-state index in [0.29, 0.717) is 0 Å². The molecule has 12 nitrogen and oxygen atoms in total. The van der Waals surface area contributed by atoms with E-state index in [0.717, 1.165) is 9.80 Å². The van der Waals surface area contributed by atoms with Crippen LogP contribution in [-0.2, 0) is 4.79 Å². The molecule has 192 valence electrons. The quantitative estimate of drug-likeness (QED) is 0.122. The topological polar surface area (TPSA) is 205 Å². The van der Waals surface area contributed by atoms with Crippen molar-refractivity contribution in [3.05, 3.63) is 21.8 Å². The average Bonchev–Trinajstić information content (AvgIpc) is 2.76. The first kappa shape index (κ1) is 31.6. The van der Waals surface area contributed by atoms with Crippen LogP contribution in [0.5, 0.6) is 0 Å². The van der Waals surface area contributed by atoms with Crippen molar-refractivity contribution in [1.29, 1.82) is 0 Å². The van der Waals surface area contributed by atoms with Crippen LogP contribution in [-0.4, -0.2) is 111 Å². The molecule has 1 aromatic carbocycles. The zero-order chi connectivity index (χ0) is 26.3. The number of aliphatic hydroxyl groups is 6. The monoisotopic (exact) mass is 821 g/mol. The van der Waals surface area contributed by atoms with Gasteiger partial charge in [-0.2, -0.15) is 0 Å². The maximum Gasteiger partial charge on any atom is 0.256 e. The molecule has 0 fully saturated rings. The second-order valence-electron chi connectivity index (χ2n) is 7.25. The van der Waals surface area contributed by atoms with Crippen molar-refractivity contribution in [2.45, 2.75) is 25.2 Å². The van der Waals surface area contributed by atoms with E-state index in [1.807, 2.05) is 0 Å². The first-order valence-corrected chi connectivity index (χ1v) is 13.0. The Hall–Kier alpha value is -0.420. The molecule has 3 unspecified atom stereocenters. The second kappa shape index (κ2) is 14.4. The average molecular weight is 821 g/mol. The molecular formula is C19H26I3N3O9. The summed E-state index contributed by atoms with van der Waals surface area (Å²) in [7, 11) is 0. The fraction of sp³-hybridized carbons (Fsp3) is 0.526. The van der Waals surface area contributed by atoms with Crippen LogP contribution < -0.4 is 10.6 Å². The number of anilines is 1. The molecule has 0 aromatic heterocycles. The molecule has 3 amide bonds. The van der Waals surface area contributed by atoms with Gasteiger partial charge in [-0.15, -0.1) is 0 Å². The number of aliphatic hydroxyl groups excluding tert-OH is 6. The van der Waals surface area contributed by atoms with Crippen molar-refractivity contribution in [2.24, 2.45) is 5.73 Å². The highest BCUT2D eigenvalue weighted by Gasteiger charge is 2.33. The van der Waals surface area contributed by atoms with Gasteiger partial charge in [0.15, 0.2) is 0 Å². The molecule has 1 aromatic rings. The van der Waals surface area contributed by atoms with Crippen LogP contribution >= 0.6 is 67.8 Å². The summed E-state index contributed by atoms with van der Waals surface area (Å²) in [6, 6.07) is 0. The normalized spacial score (nSPS) is 13.8. The molecule has 0 aliphatic rings. The number of primary amides is 1. The Kier molecular flexibility index (Phi) is 13.3. The Morgan fingerprint density at radius 1 is 0.794 bits per heavy atom. The molecule has 0 heterocycles. The van der Waals surface area contributed by atoms with Crippen molar-refractivity contribution in [3.8, 4) is 0 Å². The maximum absolute atomic E-state index is 13.6. The van der Waals surface area contributed by atoms with Gasteiger partial charge in [0.2, 0.25) is 5.91 Å². The van der Waals surface area contributed by atoms with Gasteiger partial charge < -0.3 is 46.2 Å². The minimum atomic E-state index is -1.35. The fourth-order valence-electron chi connectivity index (χ4n) is 2.96. The number of benzene rings is 1. The summed E-state index contributed by atoms with van der Waals surface area (Å²) < 4.78 is 0.609. The molecule has 3 atom stereocenters. The Morgan fingerprint density at radius 2 is 1.21 bits per heavy atom. The lowest BCUT2D eigenvalue weighted by Gasteiger charge is -2.31. The molecule has 8 N–H and O–H groups in total. The summed E-state index contributed by atoms with van der Waals surface area (Å²) in [4.78, 5) is 40.5. The van der Waals surface area contributed by atoms with E-state index in [9.17, 15) is 45.0 Å². The number of hydrogen-bond donors (Lipinski definition) is 7. The molecule has 15 heteroatoms. The molecule has 0 aliphatic heterocycles. The van der Waals surface area contributed by atoms with Gasteiger partial charge in [0.05, 0.1) is 68.6 Å². The van der Waals surface area contributed by atoms with Gasteiger partial charge in [0.25, 0.3) is 11.8 Å². The Balaban J connectivity index is 3.86. The van der Waals surface area contributed by atoms with E-state index in [1.54, 1.807) is 67.8 Å². The van der Waals surface area contributed by atoms with Crippen LogP contribution in [0.25, 0.3) is 0 Å². The Bertz CT molecular complexity index is 907. The number of halogens is 3. The Morgan fingerprint density at radius 3 is 1.59 bits per heavy atom. The van der Waals surface area contributed by atoms with Crippen LogP contribution in [0.4, 0.5) is 5.69 Å². The number of nitrogens with two attached hydrogens (primary N) is 1. The van der Waals surface area contributed by atoms with Gasteiger partial charge in [-0.1, -0.05) is 0 Å². The first-order chi connectivity index (χ1) is 15.8. The van der Waals surface area contributed by atoms with Crippen molar-refractivity contribution in [3.63, 3.8) is 0 Å². The summed E-state index contributed by atoms with van der Waals surface area (Å²) in [6.07, 6.45) is -4.00. The second-order valence-corrected chi connectivity index (χ2v) is 10.5. The van der Waals surface area contributed by atoms with Gasteiger partial charge in [-0.05, 0) is 67.8 Å². The van der Waals surface area contributed by atoms with Crippen molar-refractivity contribution >= 4 is 91.2 Å². The van der Waals surface area contributed by atoms with Gasteiger partial charge in [0, 0.05) is 23.6 Å². The van der Waals surface area contributed by atoms with Crippen molar-refractivity contribution in [2.75, 3.05) is 44.4 Å².